The number of halogens is 2. The largest absolute Gasteiger partial charge is 0.508 e. The van der Waals surface area contributed by atoms with Gasteiger partial charge in [0, 0.05) is 37.4 Å². The summed E-state index contributed by atoms with van der Waals surface area (Å²) in [6, 6.07) is 3.02. The van der Waals surface area contributed by atoms with Crippen molar-refractivity contribution in [3.05, 3.63) is 27.7 Å². The Labute approximate surface area is 132 Å². The van der Waals surface area contributed by atoms with Crippen molar-refractivity contribution in [2.24, 2.45) is 5.73 Å². The molecule has 1 aliphatic rings. The number of phenolic OH excluding ortho intramolecular Hbond substituents is 1. The standard InChI is InChI=1S/C13H14Cl2N2O2S/c14-8-1-2-9(18)12(13(8)15)7-5-11(19)17(6-7)4-3-10(16)20/h1-2,7,18H,3-6H2,(H2,16,20). The Morgan fingerprint density at radius 3 is 2.85 bits per heavy atom. The van der Waals surface area contributed by atoms with E-state index in [0.717, 1.165) is 0 Å². The number of hydrogen-bond acceptors (Lipinski definition) is 3. The quantitative estimate of drug-likeness (QED) is 0.832. The number of rotatable bonds is 4. The molecule has 3 N–H and O–H groups in total. The van der Waals surface area contributed by atoms with E-state index in [4.69, 9.17) is 41.2 Å². The van der Waals surface area contributed by atoms with E-state index in [2.05, 4.69) is 0 Å². The lowest BCUT2D eigenvalue weighted by Gasteiger charge is -2.17. The van der Waals surface area contributed by atoms with Crippen LogP contribution in [0.3, 0.4) is 0 Å². The molecular weight excluding hydrogens is 319 g/mol. The van der Waals surface area contributed by atoms with Gasteiger partial charge in [0.2, 0.25) is 5.91 Å². The molecule has 0 radical (unpaired) electrons. The molecule has 0 aliphatic carbocycles. The number of phenols is 1. The van der Waals surface area contributed by atoms with E-state index < -0.39 is 0 Å². The Kier molecular flexibility index (Phi) is 4.73. The number of hydrogen-bond donors (Lipinski definition) is 2. The van der Waals surface area contributed by atoms with Crippen LogP contribution < -0.4 is 5.73 Å². The summed E-state index contributed by atoms with van der Waals surface area (Å²) in [4.78, 5) is 14.0. The van der Waals surface area contributed by atoms with Gasteiger partial charge in [0.05, 0.1) is 15.0 Å². The highest BCUT2D eigenvalue weighted by Gasteiger charge is 2.33. The number of nitrogens with zero attached hydrogens (tertiary/aromatic N) is 1. The van der Waals surface area contributed by atoms with Gasteiger partial charge in [0.1, 0.15) is 5.75 Å². The van der Waals surface area contributed by atoms with E-state index in [0.29, 0.717) is 46.5 Å². The Morgan fingerprint density at radius 2 is 2.20 bits per heavy atom. The van der Waals surface area contributed by atoms with Crippen LogP contribution in [0.4, 0.5) is 0 Å². The van der Waals surface area contributed by atoms with Crippen molar-refractivity contribution < 1.29 is 9.90 Å². The molecular formula is C13H14Cl2N2O2S. The van der Waals surface area contributed by atoms with Crippen LogP contribution in [-0.4, -0.2) is 34.0 Å². The molecule has 2 rings (SSSR count). The lowest BCUT2D eigenvalue weighted by molar-refractivity contribution is -0.127. The number of amides is 1. The minimum Gasteiger partial charge on any atom is -0.508 e. The molecule has 20 heavy (non-hydrogen) atoms. The lowest BCUT2D eigenvalue weighted by Crippen LogP contribution is -2.28. The summed E-state index contributed by atoms with van der Waals surface area (Å²) in [7, 11) is 0. The summed E-state index contributed by atoms with van der Waals surface area (Å²) in [5, 5.41) is 10.6. The summed E-state index contributed by atoms with van der Waals surface area (Å²) in [5.74, 6) is -0.102. The summed E-state index contributed by atoms with van der Waals surface area (Å²) < 4.78 is 0. The Bertz CT molecular complexity index is 566. The van der Waals surface area contributed by atoms with E-state index in [1.54, 1.807) is 4.90 Å². The molecule has 1 amide bonds. The molecule has 0 aromatic heterocycles. The van der Waals surface area contributed by atoms with Crippen molar-refractivity contribution in [3.8, 4) is 5.75 Å². The van der Waals surface area contributed by atoms with Crippen LogP contribution in [0.15, 0.2) is 12.1 Å². The molecule has 1 aliphatic heterocycles. The summed E-state index contributed by atoms with van der Waals surface area (Å²) in [5.41, 5.74) is 5.98. The van der Waals surface area contributed by atoms with Gasteiger partial charge >= 0.3 is 0 Å². The summed E-state index contributed by atoms with van der Waals surface area (Å²) >= 11 is 16.9. The van der Waals surface area contributed by atoms with Gasteiger partial charge in [-0.05, 0) is 12.1 Å². The molecule has 0 saturated carbocycles. The number of thiocarbonyl (C=S) groups is 1. The second kappa shape index (κ2) is 6.16. The maximum absolute atomic E-state index is 12.0. The van der Waals surface area contributed by atoms with Crippen molar-refractivity contribution in [1.82, 2.24) is 4.90 Å². The lowest BCUT2D eigenvalue weighted by atomic mass is 9.97. The third-order valence-corrected chi connectivity index (χ3v) is 4.38. The molecule has 1 atom stereocenters. The van der Waals surface area contributed by atoms with E-state index in [1.807, 2.05) is 0 Å². The highest BCUT2D eigenvalue weighted by atomic mass is 35.5. The highest BCUT2D eigenvalue weighted by Crippen LogP contribution is 2.41. The minimum atomic E-state index is -0.167. The molecule has 4 nitrogen and oxygen atoms in total. The Hall–Kier alpha value is -1.04. The molecule has 1 aromatic rings. The molecule has 1 aromatic carbocycles. The first kappa shape index (κ1) is 15.4. The molecule has 1 unspecified atom stereocenters. The topological polar surface area (TPSA) is 66.6 Å². The molecule has 1 fully saturated rings. The minimum absolute atomic E-state index is 0.00157. The van der Waals surface area contributed by atoms with Gasteiger partial charge in [-0.15, -0.1) is 0 Å². The van der Waals surface area contributed by atoms with Crippen molar-refractivity contribution in [2.75, 3.05) is 13.1 Å². The molecule has 108 valence electrons. The SMILES string of the molecule is NC(=S)CCN1CC(c2c(O)ccc(Cl)c2Cl)CC1=O. The van der Waals surface area contributed by atoms with Crippen LogP contribution in [0.5, 0.6) is 5.75 Å². The van der Waals surface area contributed by atoms with Crippen LogP contribution in [-0.2, 0) is 4.79 Å². The van der Waals surface area contributed by atoms with Gasteiger partial charge in [0.15, 0.2) is 0 Å². The third kappa shape index (κ3) is 3.16. The zero-order valence-corrected chi connectivity index (χ0v) is 12.9. The average molecular weight is 333 g/mol. The van der Waals surface area contributed by atoms with Crippen molar-refractivity contribution in [1.29, 1.82) is 0 Å². The Morgan fingerprint density at radius 1 is 1.50 bits per heavy atom. The Balaban J connectivity index is 2.18. The molecule has 0 spiro atoms. The predicted octanol–water partition coefficient (Wildman–Crippen LogP) is 2.69. The number of likely N-dealkylation sites (tertiary alicyclic amines) is 1. The van der Waals surface area contributed by atoms with E-state index in [9.17, 15) is 9.90 Å². The van der Waals surface area contributed by atoms with Crippen LogP contribution in [0.25, 0.3) is 0 Å². The molecule has 0 bridgehead atoms. The molecule has 7 heteroatoms. The summed E-state index contributed by atoms with van der Waals surface area (Å²) in [6.07, 6.45) is 0.786. The van der Waals surface area contributed by atoms with Crippen LogP contribution in [0.1, 0.15) is 24.3 Å². The first-order chi connectivity index (χ1) is 9.40. The van der Waals surface area contributed by atoms with Gasteiger partial charge in [-0.1, -0.05) is 35.4 Å². The third-order valence-electron chi connectivity index (χ3n) is 3.36. The second-order valence-corrected chi connectivity index (χ2v) is 6.06. The number of carbonyl (C=O) groups excluding carboxylic acids is 1. The van der Waals surface area contributed by atoms with Crippen LogP contribution >= 0.6 is 35.4 Å². The fraction of sp³-hybridized carbons (Fsp3) is 0.385. The van der Waals surface area contributed by atoms with Crippen molar-refractivity contribution >= 4 is 46.3 Å². The smallest absolute Gasteiger partial charge is 0.223 e. The van der Waals surface area contributed by atoms with E-state index in [1.165, 1.54) is 12.1 Å². The van der Waals surface area contributed by atoms with Gasteiger partial charge < -0.3 is 15.7 Å². The maximum Gasteiger partial charge on any atom is 0.223 e. The number of nitrogens with two attached hydrogens (primary N) is 1. The first-order valence-corrected chi connectivity index (χ1v) is 7.29. The number of benzene rings is 1. The fourth-order valence-corrected chi connectivity index (χ4v) is 2.94. The number of carbonyl (C=O) groups is 1. The second-order valence-electron chi connectivity index (χ2n) is 4.75. The molecule has 1 heterocycles. The zero-order valence-electron chi connectivity index (χ0n) is 10.6. The van der Waals surface area contributed by atoms with Crippen molar-refractivity contribution in [2.45, 2.75) is 18.8 Å². The van der Waals surface area contributed by atoms with E-state index >= 15 is 0 Å². The van der Waals surface area contributed by atoms with Gasteiger partial charge in [0.25, 0.3) is 0 Å². The fourth-order valence-electron chi connectivity index (χ4n) is 2.37. The maximum atomic E-state index is 12.0. The zero-order chi connectivity index (χ0) is 14.9. The van der Waals surface area contributed by atoms with Gasteiger partial charge in [-0.2, -0.15) is 0 Å². The average Bonchev–Trinajstić information content (AvgIpc) is 2.73. The first-order valence-electron chi connectivity index (χ1n) is 6.13. The monoisotopic (exact) mass is 332 g/mol. The summed E-state index contributed by atoms with van der Waals surface area (Å²) in [6.45, 7) is 0.971. The predicted molar refractivity (Wildman–Crippen MR) is 83.5 cm³/mol. The van der Waals surface area contributed by atoms with Crippen LogP contribution in [0, 0.1) is 0 Å². The highest BCUT2D eigenvalue weighted by molar-refractivity contribution is 7.80. The van der Waals surface area contributed by atoms with E-state index in [-0.39, 0.29) is 17.6 Å². The normalized spacial score (nSPS) is 18.6. The van der Waals surface area contributed by atoms with Gasteiger partial charge in [-0.3, -0.25) is 4.79 Å². The van der Waals surface area contributed by atoms with Crippen molar-refractivity contribution in [3.63, 3.8) is 0 Å². The van der Waals surface area contributed by atoms with Crippen LogP contribution in [0.2, 0.25) is 10.0 Å². The molecule has 1 saturated heterocycles. The number of aromatic hydroxyl groups is 1. The van der Waals surface area contributed by atoms with Gasteiger partial charge in [-0.25, -0.2) is 0 Å².